The van der Waals surface area contributed by atoms with E-state index in [4.69, 9.17) is 20.2 Å². The number of hydrogen-bond donors (Lipinski definition) is 5. The molecule has 3 heterocycles. The number of carbonyl (C=O) groups is 6. The first-order chi connectivity index (χ1) is 28.7. The third-order valence-corrected chi connectivity index (χ3v) is 13.5. The molecule has 0 saturated heterocycles. The van der Waals surface area contributed by atoms with E-state index in [9.17, 15) is 33.6 Å². The zero-order valence-corrected chi connectivity index (χ0v) is 38.0. The predicted octanol–water partition coefficient (Wildman–Crippen LogP) is 0.433. The number of aldehydes is 1. The molecule has 1 aliphatic heterocycles. The van der Waals surface area contributed by atoms with Crippen molar-refractivity contribution < 1.29 is 42.6 Å². The number of aromatic nitrogens is 2. The number of nitrogens with zero attached hydrogens (tertiary/aromatic N) is 3. The first kappa shape index (κ1) is 44.9. The van der Waals surface area contributed by atoms with Crippen molar-refractivity contribution in [2.24, 2.45) is 5.73 Å². The number of carbonyl (C=O) groups excluding carboxylic acids is 6. The second-order valence-electron chi connectivity index (χ2n) is 15.4. The van der Waals surface area contributed by atoms with Gasteiger partial charge in [0, 0.05) is 42.7 Å². The van der Waals surface area contributed by atoms with Crippen LogP contribution in [0.4, 0.5) is 4.39 Å². The number of methoxy groups -OCH3 is 1. The largest absolute Gasteiger partial charge is 0.0245 e. The average molecular weight is 1030 g/mol. The van der Waals surface area contributed by atoms with Crippen molar-refractivity contribution in [2.45, 2.75) is 93.1 Å². The quantitative estimate of drug-likeness (QED) is 0.0522. The normalized spacial score (nSPS) is 16.8. The smallest absolute Gasteiger partial charge is 0.0242 e. The first-order valence-corrected chi connectivity index (χ1v) is 22.7. The summed E-state index contributed by atoms with van der Waals surface area (Å²) in [7, 11) is 3.20. The summed E-state index contributed by atoms with van der Waals surface area (Å²) in [4.78, 5) is 96.5. The molecule has 19 heteroatoms. The fourth-order valence-electron chi connectivity index (χ4n) is 8.43. The summed E-state index contributed by atoms with van der Waals surface area (Å²) >= 11 is 0.575. The van der Waals surface area contributed by atoms with Crippen molar-refractivity contribution in [3.63, 3.8) is 0 Å². The van der Waals surface area contributed by atoms with Gasteiger partial charge in [0.15, 0.2) is 0 Å². The van der Waals surface area contributed by atoms with Crippen molar-refractivity contribution in [1.82, 2.24) is 35.7 Å². The van der Waals surface area contributed by atoms with Crippen LogP contribution in [-0.2, 0) is 57.8 Å². The third kappa shape index (κ3) is 8.60. The molecule has 6 rings (SSSR count). The van der Waals surface area contributed by atoms with Crippen LogP contribution < -0.4 is 32.6 Å². The van der Waals surface area contributed by atoms with Gasteiger partial charge in [-0.2, -0.15) is 0 Å². The van der Waals surface area contributed by atoms with Gasteiger partial charge in [-0.3, -0.25) is 4.79 Å². The number of amides is 5. The van der Waals surface area contributed by atoms with E-state index in [0.717, 1.165) is 34.8 Å². The minimum absolute atomic E-state index is 0.0163. The standard InChI is InChI=1S/C41H50FN8O9.Pb/c1-6-23(18-51)25-12-31-37-26(17-50(31)39(56)27(25)19-58-5)36-30(9-8-24-21(2)28(42)13-29(48-37)35(24)36)49(4)40(57)41(10-7-11-41)59-20-46-33(53)15-45-38(55)22(3)47-34(54)16-44-32(52)14-43;/h12-13,18,22-23,30H,3,6-11,14-17,19-20,43H2,1-2,4-5H3,(H,44,52)(H,45,55)(H,46,53)(H,47,54);. The molecule has 3 aromatic rings. The molecule has 1 fully saturated rings. The predicted molar refractivity (Wildman–Crippen MR) is 217 cm³/mol. The number of aryl methyl sites for hydroxylation is 1. The average Bonchev–Trinajstić information content (AvgIpc) is 3.60. The van der Waals surface area contributed by atoms with Gasteiger partial charge in [0.2, 0.25) is 0 Å². The van der Waals surface area contributed by atoms with E-state index in [1.165, 1.54) is 13.2 Å². The molecule has 1 saturated carbocycles. The number of rotatable bonds is 18. The maximum absolute atomic E-state index is 15.5. The van der Waals surface area contributed by atoms with E-state index >= 15 is 4.39 Å². The number of ether oxygens (including phenoxy) is 2. The van der Waals surface area contributed by atoms with Crippen LogP contribution in [-0.4, -0.2) is 128 Å². The molecule has 3 radical (unpaired) electrons. The zero-order chi connectivity index (χ0) is 43.5. The molecule has 0 spiro atoms. The Hall–Kier alpha value is -4.67. The Morgan fingerprint density at radius 1 is 1.12 bits per heavy atom. The van der Waals surface area contributed by atoms with Crippen LogP contribution in [0.15, 0.2) is 16.9 Å². The second-order valence-corrected chi connectivity index (χ2v) is 17.0. The molecule has 3 atom stereocenters. The Bertz CT molecular complexity index is 2300. The van der Waals surface area contributed by atoms with Crippen molar-refractivity contribution in [3.8, 4) is 11.4 Å². The molecular formula is C41H50FN8O9Pb. The van der Waals surface area contributed by atoms with Gasteiger partial charge in [0.05, 0.1) is 36.1 Å². The first-order valence-electron chi connectivity index (χ1n) is 20.0. The molecule has 6 N–H and O–H groups in total. The summed E-state index contributed by atoms with van der Waals surface area (Å²) in [6.45, 7) is 2.45. The van der Waals surface area contributed by atoms with E-state index in [2.05, 4.69) is 21.3 Å². The van der Waals surface area contributed by atoms with Crippen LogP contribution in [0.25, 0.3) is 22.3 Å². The van der Waals surface area contributed by atoms with E-state index in [1.807, 2.05) is 13.0 Å². The van der Waals surface area contributed by atoms with Crippen molar-refractivity contribution in [2.75, 3.05) is 40.5 Å². The Morgan fingerprint density at radius 2 is 1.85 bits per heavy atom. The van der Waals surface area contributed by atoms with Crippen LogP contribution in [0, 0.1) is 12.7 Å². The summed E-state index contributed by atoms with van der Waals surface area (Å²) in [5.41, 5.74) is 8.92. The SMILES string of the molecule is CCC(C=O)c1cc2n(c(=O)c1COC)Cc1c-2nc2cc(F)c(C)c3c2c1C(N(C)C(=O)C1(OCNC(=O)CNC(=O)C([CH2][Pb])NC(=O)CNC(=O)CN)CCC1)CC3. The number of benzene rings is 1. The fourth-order valence-corrected chi connectivity index (χ4v) is 9.55. The minimum atomic E-state index is -1.23. The minimum Gasteiger partial charge on any atom is -0.0245 e. The number of nitrogens with two attached hydrogens (primary N) is 1. The van der Waals surface area contributed by atoms with Crippen LogP contribution >= 0.6 is 0 Å². The number of halogens is 1. The molecule has 5 amide bonds. The molecule has 3 aliphatic rings. The Kier molecular flexibility index (Phi) is 14.2. The fraction of sp³-hybridized carbons (Fsp3) is 0.512. The van der Waals surface area contributed by atoms with Gasteiger partial charge in [-0.15, -0.1) is 0 Å². The molecule has 2 aliphatic carbocycles. The summed E-state index contributed by atoms with van der Waals surface area (Å²) in [5.74, 6) is -3.45. The third-order valence-electron chi connectivity index (χ3n) is 11.9. The molecule has 17 nitrogen and oxygen atoms in total. The second kappa shape index (κ2) is 18.9. The Balaban J connectivity index is 1.21. The monoisotopic (exact) mass is 1030 g/mol. The number of hydrogen-bond acceptors (Lipinski definition) is 11. The van der Waals surface area contributed by atoms with Gasteiger partial charge in [-0.1, -0.05) is 6.92 Å². The Morgan fingerprint density at radius 3 is 2.48 bits per heavy atom. The van der Waals surface area contributed by atoms with Gasteiger partial charge in [-0.05, 0) is 54.5 Å². The molecule has 1 aromatic carbocycles. The molecular weight excluding hydrogens is 975 g/mol. The molecule has 0 bridgehead atoms. The molecule has 319 valence electrons. The van der Waals surface area contributed by atoms with Gasteiger partial charge in [0.25, 0.3) is 5.56 Å². The summed E-state index contributed by atoms with van der Waals surface area (Å²) in [6, 6.07) is 1.84. The molecule has 3 unspecified atom stereocenters. The molecule has 2 aromatic heterocycles. The number of likely N-dealkylation sites (N-methyl/N-ethyl adjacent to an activating group) is 1. The van der Waals surface area contributed by atoms with E-state index in [0.29, 0.717) is 95.4 Å². The van der Waals surface area contributed by atoms with Gasteiger partial charge >= 0.3 is 177 Å². The molecule has 60 heavy (non-hydrogen) atoms. The summed E-state index contributed by atoms with van der Waals surface area (Å²) in [5, 5.41) is 10.7. The van der Waals surface area contributed by atoms with Gasteiger partial charge in [0.1, 0.15) is 12.1 Å². The summed E-state index contributed by atoms with van der Waals surface area (Å²) in [6.07, 6.45) is 3.79. The van der Waals surface area contributed by atoms with Gasteiger partial charge in [-0.25, -0.2) is 9.37 Å². The van der Waals surface area contributed by atoms with Crippen molar-refractivity contribution in [1.29, 1.82) is 0 Å². The van der Waals surface area contributed by atoms with Crippen LogP contribution in [0.5, 0.6) is 0 Å². The Labute approximate surface area is 361 Å². The van der Waals surface area contributed by atoms with Gasteiger partial charge < -0.3 is 14.1 Å². The maximum atomic E-state index is 15.5. The topological polar surface area (TPSA) is 233 Å². The number of fused-ring (bicyclic) bond motifs is 4. The number of nitrogens with one attached hydrogen (secondary N) is 4. The van der Waals surface area contributed by atoms with E-state index in [1.54, 1.807) is 23.4 Å². The van der Waals surface area contributed by atoms with E-state index in [-0.39, 0.29) is 44.4 Å². The van der Waals surface area contributed by atoms with E-state index < -0.39 is 59.6 Å². The number of pyridine rings is 2. The van der Waals surface area contributed by atoms with Crippen LogP contribution in [0.2, 0.25) is 3.98 Å². The zero-order valence-electron chi connectivity index (χ0n) is 34.1. The van der Waals surface area contributed by atoms with Crippen molar-refractivity contribution in [3.05, 3.63) is 61.7 Å². The van der Waals surface area contributed by atoms with Crippen molar-refractivity contribution >= 4 is 72.5 Å². The summed E-state index contributed by atoms with van der Waals surface area (Å²) < 4.78 is 29.0. The van der Waals surface area contributed by atoms with Crippen LogP contribution in [0.1, 0.15) is 84.4 Å². The van der Waals surface area contributed by atoms with Crippen LogP contribution in [0.3, 0.4) is 0 Å². The maximum Gasteiger partial charge on any atom is -0.0242 e.